The van der Waals surface area contributed by atoms with Crippen molar-refractivity contribution in [2.45, 2.75) is 62.6 Å². The van der Waals surface area contributed by atoms with Gasteiger partial charge in [0.1, 0.15) is 36.6 Å². The van der Waals surface area contributed by atoms with Gasteiger partial charge in [0.2, 0.25) is 0 Å². The van der Waals surface area contributed by atoms with Crippen LogP contribution in [0.4, 0.5) is 0 Å². The fraction of sp³-hybridized carbons (Fsp3) is 0.414. The van der Waals surface area contributed by atoms with E-state index < -0.39 is 15.3 Å². The Morgan fingerprint density at radius 2 is 1.79 bits per heavy atom. The largest absolute Gasteiger partial charge is 0.489 e. The minimum absolute atomic E-state index is 0.146. The van der Waals surface area contributed by atoms with E-state index in [1.807, 2.05) is 30.3 Å². The number of ether oxygens (including phenoxy) is 2. The number of halogens is 2. The van der Waals surface area contributed by atoms with Crippen LogP contribution in [0.1, 0.15) is 67.7 Å². The van der Waals surface area contributed by atoms with Crippen LogP contribution in [0.5, 0.6) is 11.5 Å². The van der Waals surface area contributed by atoms with E-state index in [1.54, 1.807) is 18.3 Å². The molecule has 4 rings (SSSR count). The normalized spacial score (nSPS) is 14.2. The zero-order valence-electron chi connectivity index (χ0n) is 22.0. The molecule has 1 aliphatic rings. The first kappa shape index (κ1) is 29.1. The van der Waals surface area contributed by atoms with E-state index in [0.29, 0.717) is 39.5 Å². The summed E-state index contributed by atoms with van der Waals surface area (Å²) < 4.78 is 36.9. The Morgan fingerprint density at radius 1 is 1.08 bits per heavy atom. The molecule has 10 heteroatoms. The summed E-state index contributed by atoms with van der Waals surface area (Å²) in [5.74, 6) is 1.44. The number of hydrogen-bond donors (Lipinski definition) is 0. The van der Waals surface area contributed by atoms with Gasteiger partial charge in [-0.2, -0.15) is 5.26 Å². The van der Waals surface area contributed by atoms with E-state index >= 15 is 0 Å². The van der Waals surface area contributed by atoms with Crippen LogP contribution in [0.15, 0.2) is 48.7 Å². The number of nitrogens with zero attached hydrogens (tertiary/aromatic N) is 3. The van der Waals surface area contributed by atoms with Crippen LogP contribution in [0.3, 0.4) is 0 Å². The van der Waals surface area contributed by atoms with E-state index in [9.17, 15) is 13.7 Å². The third-order valence-corrected chi connectivity index (χ3v) is 9.66. The molecule has 0 spiro atoms. The van der Waals surface area contributed by atoms with Crippen molar-refractivity contribution in [1.82, 2.24) is 9.97 Å². The first-order valence-electron chi connectivity index (χ1n) is 12.8. The number of hydrogen-bond acceptors (Lipinski definition) is 7. The van der Waals surface area contributed by atoms with Gasteiger partial charge >= 0.3 is 0 Å². The van der Waals surface area contributed by atoms with E-state index in [2.05, 4.69) is 29.9 Å². The van der Waals surface area contributed by atoms with Crippen molar-refractivity contribution in [2.24, 2.45) is 0 Å². The molecule has 1 aliphatic carbocycles. The summed E-state index contributed by atoms with van der Waals surface area (Å²) in [5.41, 5.74) is 2.39. The molecule has 0 unspecified atom stereocenters. The summed E-state index contributed by atoms with van der Waals surface area (Å²) >= 11 is 12.2. The molecular formula is C29H31Cl2N3O4S. The molecule has 1 fully saturated rings. The molecule has 3 aromatic rings. The summed E-state index contributed by atoms with van der Waals surface area (Å²) in [6.07, 6.45) is 4.93. The topological polar surface area (TPSA) is 102 Å². The fourth-order valence-electron chi connectivity index (χ4n) is 4.75. The first-order chi connectivity index (χ1) is 18.6. The minimum Gasteiger partial charge on any atom is -0.489 e. The highest BCUT2D eigenvalue weighted by Crippen LogP contribution is 2.38. The van der Waals surface area contributed by atoms with Crippen molar-refractivity contribution in [3.05, 3.63) is 81.9 Å². The third-order valence-electron chi connectivity index (χ3n) is 7.08. The molecule has 39 heavy (non-hydrogen) atoms. The molecule has 0 atom stereocenters. The number of sulfone groups is 1. The molecule has 0 aliphatic heterocycles. The zero-order chi connectivity index (χ0) is 28.0. The maximum atomic E-state index is 12.7. The molecule has 1 saturated carbocycles. The lowest BCUT2D eigenvalue weighted by molar-refractivity contribution is 0.300. The Bertz CT molecular complexity index is 1450. The van der Waals surface area contributed by atoms with Crippen molar-refractivity contribution < 1.29 is 17.9 Å². The second-order valence-electron chi connectivity index (χ2n) is 10.1. The summed E-state index contributed by atoms with van der Waals surface area (Å²) in [6, 6.07) is 15.2. The van der Waals surface area contributed by atoms with E-state index in [-0.39, 0.29) is 24.2 Å². The number of nitriles is 1. The highest BCUT2D eigenvalue weighted by atomic mass is 35.5. The van der Waals surface area contributed by atoms with Gasteiger partial charge in [-0.05, 0) is 54.3 Å². The molecule has 1 aromatic heterocycles. The van der Waals surface area contributed by atoms with Gasteiger partial charge in [0, 0.05) is 11.6 Å². The van der Waals surface area contributed by atoms with E-state index in [4.69, 9.17) is 32.7 Å². The lowest BCUT2D eigenvalue weighted by Gasteiger charge is -2.27. The summed E-state index contributed by atoms with van der Waals surface area (Å²) in [7, 11) is -3.26. The molecule has 206 valence electrons. The Kier molecular flexibility index (Phi) is 9.37. The SMILES string of the molecule is CC(C)(c1ccc(OCc2ccnc(CS(=O)(=O)C3CCCC3)n2)cc1)c1cc(Cl)c(OCCCl)c(C#N)c1. The molecule has 0 amide bonds. The maximum absolute atomic E-state index is 12.7. The second kappa shape index (κ2) is 12.5. The summed E-state index contributed by atoms with van der Waals surface area (Å²) in [5, 5.41) is 9.72. The number of benzene rings is 2. The molecule has 2 aromatic carbocycles. The molecule has 0 N–H and O–H groups in total. The zero-order valence-corrected chi connectivity index (χ0v) is 24.3. The van der Waals surface area contributed by atoms with Crippen LogP contribution >= 0.6 is 23.2 Å². The van der Waals surface area contributed by atoms with Crippen LogP contribution in [0.2, 0.25) is 5.02 Å². The van der Waals surface area contributed by atoms with Crippen molar-refractivity contribution in [2.75, 3.05) is 12.5 Å². The van der Waals surface area contributed by atoms with Crippen LogP contribution in [-0.2, 0) is 27.6 Å². The summed E-state index contributed by atoms with van der Waals surface area (Å²) in [4.78, 5) is 8.59. The standard InChI is InChI=1S/C29H31Cl2N3O4S/c1-29(2,22-15-20(17-32)28(26(31)16-22)37-14-12-30)21-7-9-24(10-8-21)38-18-23-11-13-33-27(34-23)19-39(35,36)25-5-3-4-6-25/h7-11,13,15-16,25H,3-6,12,14,18-19H2,1-2H3. The molecule has 7 nitrogen and oxygen atoms in total. The fourth-order valence-corrected chi connectivity index (χ4v) is 6.89. The number of aromatic nitrogens is 2. The Hall–Kier alpha value is -2.86. The molecule has 1 heterocycles. The Labute approximate surface area is 240 Å². The van der Waals surface area contributed by atoms with E-state index in [1.165, 1.54) is 0 Å². The van der Waals surface area contributed by atoms with Gasteiger partial charge < -0.3 is 9.47 Å². The lowest BCUT2D eigenvalue weighted by atomic mass is 9.77. The number of alkyl halides is 1. The van der Waals surface area contributed by atoms with Crippen molar-refractivity contribution in [3.8, 4) is 17.6 Å². The van der Waals surface area contributed by atoms with Crippen LogP contribution in [0.25, 0.3) is 0 Å². The molecule has 0 saturated heterocycles. The van der Waals surface area contributed by atoms with Gasteiger partial charge in [-0.25, -0.2) is 18.4 Å². The number of rotatable bonds is 11. The van der Waals surface area contributed by atoms with Crippen molar-refractivity contribution in [1.29, 1.82) is 5.26 Å². The average Bonchev–Trinajstić information content (AvgIpc) is 3.47. The highest BCUT2D eigenvalue weighted by molar-refractivity contribution is 7.91. The van der Waals surface area contributed by atoms with Crippen LogP contribution in [-0.4, -0.2) is 36.1 Å². The van der Waals surface area contributed by atoms with E-state index in [0.717, 1.165) is 36.8 Å². The highest BCUT2D eigenvalue weighted by Gasteiger charge is 2.30. The molecular weight excluding hydrogens is 557 g/mol. The predicted octanol–water partition coefficient (Wildman–Crippen LogP) is 6.38. The quantitative estimate of drug-likeness (QED) is 0.240. The van der Waals surface area contributed by atoms with Crippen molar-refractivity contribution >= 4 is 33.0 Å². The summed E-state index contributed by atoms with van der Waals surface area (Å²) in [6.45, 7) is 4.55. The monoisotopic (exact) mass is 587 g/mol. The second-order valence-corrected chi connectivity index (χ2v) is 13.2. The van der Waals surface area contributed by atoms with Gasteiger partial charge in [0.05, 0.1) is 27.4 Å². The maximum Gasteiger partial charge on any atom is 0.160 e. The van der Waals surface area contributed by atoms with Gasteiger partial charge in [-0.15, -0.1) is 11.6 Å². The van der Waals surface area contributed by atoms with Crippen LogP contribution in [0, 0.1) is 11.3 Å². The minimum atomic E-state index is -3.26. The van der Waals surface area contributed by atoms with Gasteiger partial charge in [-0.1, -0.05) is 50.4 Å². The molecule has 0 bridgehead atoms. The van der Waals surface area contributed by atoms with Gasteiger partial charge in [-0.3, -0.25) is 0 Å². The molecule has 0 radical (unpaired) electrons. The van der Waals surface area contributed by atoms with Crippen LogP contribution < -0.4 is 9.47 Å². The third kappa shape index (κ3) is 7.02. The Morgan fingerprint density at radius 3 is 2.46 bits per heavy atom. The van der Waals surface area contributed by atoms with Gasteiger partial charge in [0.25, 0.3) is 0 Å². The average molecular weight is 589 g/mol. The predicted molar refractivity (Wildman–Crippen MR) is 152 cm³/mol. The lowest BCUT2D eigenvalue weighted by Crippen LogP contribution is -2.21. The smallest absolute Gasteiger partial charge is 0.160 e. The van der Waals surface area contributed by atoms with Gasteiger partial charge in [0.15, 0.2) is 15.6 Å². The first-order valence-corrected chi connectivity index (χ1v) is 15.5. The Balaban J connectivity index is 1.43. The van der Waals surface area contributed by atoms with Crippen molar-refractivity contribution in [3.63, 3.8) is 0 Å².